The summed E-state index contributed by atoms with van der Waals surface area (Å²) in [4.78, 5) is 49.1. The smallest absolute Gasteiger partial charge is 0.408 e. The summed E-state index contributed by atoms with van der Waals surface area (Å²) in [6, 6.07) is 1.69. The molecular weight excluding hydrogens is 438 g/mol. The quantitative estimate of drug-likeness (QED) is 0.106. The molecule has 1 aromatic rings. The van der Waals surface area contributed by atoms with Crippen LogP contribution in [0.2, 0.25) is 0 Å². The van der Waals surface area contributed by atoms with Crippen LogP contribution in [0.1, 0.15) is 26.3 Å². The number of hydrogen-bond donors (Lipinski definition) is 8. The SMILES string of the molecule is CC(C)(C)OC(=O)N[C@@H](CO)C(=O)N[C@@H](Cc1ccc(O)cc1)C(=O)N[C@@H](CO)C(=O)NN. The Balaban J connectivity index is 3.02. The lowest BCUT2D eigenvalue weighted by Crippen LogP contribution is -2.59. The van der Waals surface area contributed by atoms with Crippen molar-refractivity contribution >= 4 is 23.8 Å². The number of aliphatic hydroxyl groups excluding tert-OH is 2. The number of carbonyl (C=O) groups excluding carboxylic acids is 4. The van der Waals surface area contributed by atoms with Gasteiger partial charge in [0, 0.05) is 6.42 Å². The van der Waals surface area contributed by atoms with Gasteiger partial charge in [0.15, 0.2) is 0 Å². The highest BCUT2D eigenvalue weighted by molar-refractivity contribution is 5.94. The zero-order chi connectivity index (χ0) is 25.2. The number of alkyl carbamates (subject to hydrolysis) is 1. The molecule has 0 fully saturated rings. The first-order valence-electron chi connectivity index (χ1n) is 10.0. The molecule has 1 aromatic carbocycles. The minimum absolute atomic E-state index is 0.00865. The van der Waals surface area contributed by atoms with Crippen molar-refractivity contribution in [2.45, 2.75) is 50.9 Å². The third kappa shape index (κ3) is 9.72. The van der Waals surface area contributed by atoms with Gasteiger partial charge in [0.2, 0.25) is 11.8 Å². The van der Waals surface area contributed by atoms with Gasteiger partial charge >= 0.3 is 6.09 Å². The number of amides is 4. The van der Waals surface area contributed by atoms with Gasteiger partial charge in [0.1, 0.15) is 29.5 Å². The molecule has 9 N–H and O–H groups in total. The van der Waals surface area contributed by atoms with Crippen LogP contribution in [-0.2, 0) is 25.5 Å². The van der Waals surface area contributed by atoms with E-state index < -0.39 is 60.8 Å². The molecule has 13 heteroatoms. The normalized spacial score (nSPS) is 13.8. The molecule has 0 saturated carbocycles. The molecule has 3 atom stereocenters. The van der Waals surface area contributed by atoms with Crippen LogP contribution in [0.3, 0.4) is 0 Å². The van der Waals surface area contributed by atoms with E-state index in [9.17, 15) is 34.5 Å². The third-order valence-electron chi connectivity index (χ3n) is 4.16. The van der Waals surface area contributed by atoms with Gasteiger partial charge in [-0.1, -0.05) is 12.1 Å². The molecular formula is C20H31N5O8. The number of carbonyl (C=O) groups is 4. The molecule has 13 nitrogen and oxygen atoms in total. The van der Waals surface area contributed by atoms with Crippen LogP contribution in [0, 0.1) is 0 Å². The van der Waals surface area contributed by atoms with E-state index in [0.717, 1.165) is 0 Å². The van der Waals surface area contributed by atoms with Crippen molar-refractivity contribution in [1.82, 2.24) is 21.4 Å². The highest BCUT2D eigenvalue weighted by atomic mass is 16.6. The Labute approximate surface area is 190 Å². The van der Waals surface area contributed by atoms with Crippen LogP contribution >= 0.6 is 0 Å². The number of benzene rings is 1. The third-order valence-corrected chi connectivity index (χ3v) is 4.16. The summed E-state index contributed by atoms with van der Waals surface area (Å²) < 4.78 is 5.06. The Hall–Kier alpha value is -3.42. The summed E-state index contributed by atoms with van der Waals surface area (Å²) in [5.74, 6) is 2.43. The Morgan fingerprint density at radius 3 is 1.85 bits per heavy atom. The molecule has 0 unspecified atom stereocenters. The highest BCUT2D eigenvalue weighted by Gasteiger charge is 2.30. The topological polar surface area (TPSA) is 212 Å². The van der Waals surface area contributed by atoms with Gasteiger partial charge in [0.25, 0.3) is 5.91 Å². The lowest BCUT2D eigenvalue weighted by Gasteiger charge is -2.25. The van der Waals surface area contributed by atoms with E-state index in [2.05, 4.69) is 16.0 Å². The number of nitrogens with two attached hydrogens (primary N) is 1. The number of rotatable bonds is 10. The highest BCUT2D eigenvalue weighted by Crippen LogP contribution is 2.12. The van der Waals surface area contributed by atoms with Crippen molar-refractivity contribution in [1.29, 1.82) is 0 Å². The second-order valence-electron chi connectivity index (χ2n) is 8.07. The molecule has 0 aliphatic carbocycles. The van der Waals surface area contributed by atoms with Gasteiger partial charge in [0.05, 0.1) is 13.2 Å². The standard InChI is InChI=1S/C20H31N5O8/c1-20(2,3)33-19(32)24-14(9-26)17(30)22-13(8-11-4-6-12(28)7-5-11)16(29)23-15(10-27)18(31)25-21/h4-7,13-15,26-28H,8-10,21H2,1-3H3,(H,22,30)(H,23,29)(H,24,32)(H,25,31)/t13-,14-,15-/m0/s1. The van der Waals surface area contributed by atoms with Gasteiger partial charge in [-0.3, -0.25) is 19.8 Å². The minimum atomic E-state index is -1.43. The summed E-state index contributed by atoms with van der Waals surface area (Å²) in [7, 11) is 0. The molecule has 0 spiro atoms. The van der Waals surface area contributed by atoms with Crippen molar-refractivity contribution in [3.05, 3.63) is 29.8 Å². The zero-order valence-electron chi connectivity index (χ0n) is 18.6. The predicted octanol–water partition coefficient (Wildman–Crippen LogP) is -2.23. The Morgan fingerprint density at radius 1 is 0.879 bits per heavy atom. The number of aromatic hydroxyl groups is 1. The molecule has 33 heavy (non-hydrogen) atoms. The minimum Gasteiger partial charge on any atom is -0.508 e. The van der Waals surface area contributed by atoms with Crippen molar-refractivity contribution < 1.29 is 39.2 Å². The van der Waals surface area contributed by atoms with E-state index in [1.807, 2.05) is 0 Å². The number of phenolic OH excluding ortho intramolecular Hbond substituents is 1. The van der Waals surface area contributed by atoms with Gasteiger partial charge in [-0.05, 0) is 38.5 Å². The molecule has 184 valence electrons. The second kappa shape index (κ2) is 12.6. The van der Waals surface area contributed by atoms with Crippen molar-refractivity contribution in [2.75, 3.05) is 13.2 Å². The maximum atomic E-state index is 12.8. The fourth-order valence-corrected chi connectivity index (χ4v) is 2.56. The lowest BCUT2D eigenvalue weighted by molar-refractivity contribution is -0.133. The first-order chi connectivity index (χ1) is 15.4. The predicted molar refractivity (Wildman–Crippen MR) is 115 cm³/mol. The van der Waals surface area contributed by atoms with Crippen LogP contribution in [0.25, 0.3) is 0 Å². The van der Waals surface area contributed by atoms with Crippen LogP contribution in [0.4, 0.5) is 4.79 Å². The van der Waals surface area contributed by atoms with E-state index in [-0.39, 0.29) is 12.2 Å². The molecule has 0 radical (unpaired) electrons. The van der Waals surface area contributed by atoms with E-state index in [1.54, 1.807) is 26.2 Å². The summed E-state index contributed by atoms with van der Waals surface area (Å²) in [5, 5.41) is 35.2. The number of hydrazine groups is 1. The van der Waals surface area contributed by atoms with Gasteiger partial charge in [-0.2, -0.15) is 0 Å². The van der Waals surface area contributed by atoms with Crippen molar-refractivity contribution in [3.8, 4) is 5.75 Å². The summed E-state index contributed by atoms with van der Waals surface area (Å²) in [6.45, 7) is 3.32. The Kier molecular flexibility index (Phi) is 10.5. The molecule has 0 heterocycles. The van der Waals surface area contributed by atoms with E-state index >= 15 is 0 Å². The second-order valence-corrected chi connectivity index (χ2v) is 8.07. The molecule has 4 amide bonds. The summed E-state index contributed by atoms with van der Waals surface area (Å²) >= 11 is 0. The van der Waals surface area contributed by atoms with Gasteiger partial charge in [-0.25, -0.2) is 10.6 Å². The zero-order valence-corrected chi connectivity index (χ0v) is 18.6. The summed E-state index contributed by atoms with van der Waals surface area (Å²) in [6.07, 6.45) is -1.03. The number of aliphatic hydroxyl groups is 2. The monoisotopic (exact) mass is 469 g/mol. The number of ether oxygens (including phenoxy) is 1. The Morgan fingerprint density at radius 2 is 1.36 bits per heavy atom. The molecule has 1 rings (SSSR count). The molecule has 0 aliphatic heterocycles. The van der Waals surface area contributed by atoms with E-state index in [1.165, 1.54) is 24.3 Å². The number of nitrogens with one attached hydrogen (secondary N) is 4. The lowest BCUT2D eigenvalue weighted by atomic mass is 10.0. The fourth-order valence-electron chi connectivity index (χ4n) is 2.56. The largest absolute Gasteiger partial charge is 0.508 e. The summed E-state index contributed by atoms with van der Waals surface area (Å²) in [5.41, 5.74) is 1.50. The molecule has 0 aromatic heterocycles. The first kappa shape index (κ1) is 27.6. The molecule has 0 bridgehead atoms. The number of hydrogen-bond acceptors (Lipinski definition) is 9. The fraction of sp³-hybridized carbons (Fsp3) is 0.500. The van der Waals surface area contributed by atoms with Crippen LogP contribution < -0.4 is 27.2 Å². The molecule has 0 aliphatic rings. The average molecular weight is 469 g/mol. The van der Waals surface area contributed by atoms with Crippen molar-refractivity contribution in [2.24, 2.45) is 5.84 Å². The van der Waals surface area contributed by atoms with E-state index in [0.29, 0.717) is 5.56 Å². The van der Waals surface area contributed by atoms with Crippen LogP contribution in [0.5, 0.6) is 5.75 Å². The van der Waals surface area contributed by atoms with E-state index in [4.69, 9.17) is 10.6 Å². The number of phenols is 1. The maximum absolute atomic E-state index is 12.8. The first-order valence-corrected chi connectivity index (χ1v) is 10.0. The maximum Gasteiger partial charge on any atom is 0.408 e. The average Bonchev–Trinajstić information content (AvgIpc) is 2.74. The van der Waals surface area contributed by atoms with Gasteiger partial charge in [-0.15, -0.1) is 0 Å². The molecule has 0 saturated heterocycles. The van der Waals surface area contributed by atoms with Gasteiger partial charge < -0.3 is 36.0 Å². The van der Waals surface area contributed by atoms with Crippen molar-refractivity contribution in [3.63, 3.8) is 0 Å². The van der Waals surface area contributed by atoms with Crippen LogP contribution in [0.15, 0.2) is 24.3 Å². The Bertz CT molecular complexity index is 825. The van der Waals surface area contributed by atoms with Crippen LogP contribution in [-0.4, -0.2) is 76.1 Å².